The van der Waals surface area contributed by atoms with Gasteiger partial charge in [-0.1, -0.05) is 6.92 Å². The number of likely N-dealkylation sites (N-methyl/N-ethyl adjacent to an activating group) is 1. The SMILES string of the molecule is CCC(N)C(=O)N(C)C(C)(C)CO. The molecule has 0 rings (SSSR count). The van der Waals surface area contributed by atoms with Gasteiger partial charge in [0.25, 0.3) is 0 Å². The lowest BCUT2D eigenvalue weighted by Gasteiger charge is -2.35. The third-order valence-corrected chi connectivity index (χ3v) is 2.38. The summed E-state index contributed by atoms with van der Waals surface area (Å²) in [5, 5.41) is 9.03. The number of aliphatic hydroxyl groups is 1. The first-order chi connectivity index (χ1) is 5.86. The van der Waals surface area contributed by atoms with Crippen LogP contribution in [0.5, 0.6) is 0 Å². The Morgan fingerprint density at radius 2 is 2.08 bits per heavy atom. The van der Waals surface area contributed by atoms with Gasteiger partial charge in [-0.3, -0.25) is 4.79 Å². The van der Waals surface area contributed by atoms with Crippen LogP contribution >= 0.6 is 0 Å². The molecule has 1 amide bonds. The first-order valence-electron chi connectivity index (χ1n) is 4.51. The summed E-state index contributed by atoms with van der Waals surface area (Å²) in [5.41, 5.74) is 5.06. The maximum Gasteiger partial charge on any atom is 0.239 e. The van der Waals surface area contributed by atoms with Gasteiger partial charge in [0, 0.05) is 7.05 Å². The van der Waals surface area contributed by atoms with Crippen LogP contribution in [0.1, 0.15) is 27.2 Å². The summed E-state index contributed by atoms with van der Waals surface area (Å²) in [6.45, 7) is 5.40. The highest BCUT2D eigenvalue weighted by Gasteiger charge is 2.29. The molecule has 0 spiro atoms. The number of carbonyl (C=O) groups excluding carboxylic acids is 1. The molecule has 0 aliphatic carbocycles. The predicted molar refractivity (Wildman–Crippen MR) is 52.2 cm³/mol. The molecule has 0 aromatic heterocycles. The molecule has 0 aromatic rings. The van der Waals surface area contributed by atoms with Gasteiger partial charge in [0.15, 0.2) is 0 Å². The molecule has 4 heteroatoms. The Kier molecular flexibility index (Phi) is 4.36. The molecule has 0 aliphatic heterocycles. The molecule has 0 heterocycles. The smallest absolute Gasteiger partial charge is 0.239 e. The average Bonchev–Trinajstić information content (AvgIpc) is 2.14. The van der Waals surface area contributed by atoms with Crippen LogP contribution < -0.4 is 5.73 Å². The zero-order chi connectivity index (χ0) is 10.6. The number of rotatable bonds is 4. The number of amides is 1. The van der Waals surface area contributed by atoms with Crippen LogP contribution in [-0.2, 0) is 4.79 Å². The lowest BCUT2D eigenvalue weighted by atomic mass is 10.0. The Balaban J connectivity index is 4.42. The monoisotopic (exact) mass is 188 g/mol. The predicted octanol–water partition coefficient (Wildman–Crippen LogP) is -0.0470. The molecule has 13 heavy (non-hydrogen) atoms. The van der Waals surface area contributed by atoms with Crippen molar-refractivity contribution in [3.05, 3.63) is 0 Å². The summed E-state index contributed by atoms with van der Waals surface area (Å²) < 4.78 is 0. The van der Waals surface area contributed by atoms with E-state index in [9.17, 15) is 4.79 Å². The van der Waals surface area contributed by atoms with E-state index < -0.39 is 11.6 Å². The minimum absolute atomic E-state index is 0.0638. The van der Waals surface area contributed by atoms with Gasteiger partial charge in [0.05, 0.1) is 18.2 Å². The molecule has 4 nitrogen and oxygen atoms in total. The zero-order valence-corrected chi connectivity index (χ0v) is 8.87. The molecule has 0 bridgehead atoms. The van der Waals surface area contributed by atoms with E-state index in [0.29, 0.717) is 6.42 Å². The normalized spacial score (nSPS) is 14.0. The van der Waals surface area contributed by atoms with Gasteiger partial charge < -0.3 is 15.7 Å². The number of nitrogens with two attached hydrogens (primary N) is 1. The Bertz CT molecular complexity index is 180. The van der Waals surface area contributed by atoms with Crippen molar-refractivity contribution in [2.24, 2.45) is 5.73 Å². The standard InChI is InChI=1S/C9H20N2O2/c1-5-7(10)8(13)11(4)9(2,3)6-12/h7,12H,5-6,10H2,1-4H3. The van der Waals surface area contributed by atoms with E-state index in [1.54, 1.807) is 20.9 Å². The molecule has 0 saturated heterocycles. The first kappa shape index (κ1) is 12.4. The number of hydrogen-bond donors (Lipinski definition) is 2. The lowest BCUT2D eigenvalue weighted by molar-refractivity contribution is -0.137. The van der Waals surface area contributed by atoms with Crippen LogP contribution in [0, 0.1) is 0 Å². The van der Waals surface area contributed by atoms with Gasteiger partial charge in [-0.05, 0) is 20.3 Å². The highest BCUT2D eigenvalue weighted by atomic mass is 16.3. The van der Waals surface area contributed by atoms with Crippen LogP contribution in [0.3, 0.4) is 0 Å². The summed E-state index contributed by atoms with van der Waals surface area (Å²) in [7, 11) is 1.66. The number of aliphatic hydroxyl groups excluding tert-OH is 1. The summed E-state index contributed by atoms with van der Waals surface area (Å²) >= 11 is 0. The zero-order valence-electron chi connectivity index (χ0n) is 8.87. The number of hydrogen-bond acceptors (Lipinski definition) is 3. The Hall–Kier alpha value is -0.610. The van der Waals surface area contributed by atoms with Crippen molar-refractivity contribution in [1.82, 2.24) is 4.90 Å². The van der Waals surface area contributed by atoms with Crippen molar-refractivity contribution in [3.8, 4) is 0 Å². The second-order valence-corrected chi connectivity index (χ2v) is 3.88. The van der Waals surface area contributed by atoms with Crippen molar-refractivity contribution in [3.63, 3.8) is 0 Å². The van der Waals surface area contributed by atoms with E-state index in [1.807, 2.05) is 6.92 Å². The lowest BCUT2D eigenvalue weighted by Crippen LogP contribution is -2.53. The van der Waals surface area contributed by atoms with E-state index in [0.717, 1.165) is 0 Å². The summed E-state index contributed by atoms with van der Waals surface area (Å²) in [5.74, 6) is -0.124. The largest absolute Gasteiger partial charge is 0.394 e. The van der Waals surface area contributed by atoms with Crippen molar-refractivity contribution in [2.75, 3.05) is 13.7 Å². The van der Waals surface area contributed by atoms with Gasteiger partial charge in [-0.2, -0.15) is 0 Å². The van der Waals surface area contributed by atoms with E-state index >= 15 is 0 Å². The van der Waals surface area contributed by atoms with E-state index in [2.05, 4.69) is 0 Å². The topological polar surface area (TPSA) is 66.6 Å². The van der Waals surface area contributed by atoms with Crippen molar-refractivity contribution < 1.29 is 9.90 Å². The summed E-state index contributed by atoms with van der Waals surface area (Å²) in [4.78, 5) is 13.1. The Morgan fingerprint density at radius 1 is 1.62 bits per heavy atom. The second-order valence-electron chi connectivity index (χ2n) is 3.88. The molecule has 0 fully saturated rings. The minimum atomic E-state index is -0.538. The number of nitrogens with zero attached hydrogens (tertiary/aromatic N) is 1. The molecule has 0 aromatic carbocycles. The second kappa shape index (κ2) is 4.58. The van der Waals surface area contributed by atoms with Gasteiger partial charge >= 0.3 is 0 Å². The molecular formula is C9H20N2O2. The van der Waals surface area contributed by atoms with E-state index in [-0.39, 0.29) is 12.5 Å². The average molecular weight is 188 g/mol. The maximum absolute atomic E-state index is 11.6. The van der Waals surface area contributed by atoms with Gasteiger partial charge in [-0.25, -0.2) is 0 Å². The third kappa shape index (κ3) is 2.97. The number of carbonyl (C=O) groups is 1. The van der Waals surface area contributed by atoms with Crippen molar-refractivity contribution in [1.29, 1.82) is 0 Å². The molecule has 3 N–H and O–H groups in total. The minimum Gasteiger partial charge on any atom is -0.394 e. The van der Waals surface area contributed by atoms with Crippen LogP contribution in [0.4, 0.5) is 0 Å². The first-order valence-corrected chi connectivity index (χ1v) is 4.51. The molecule has 0 radical (unpaired) electrons. The molecule has 1 unspecified atom stereocenters. The molecule has 0 saturated carbocycles. The summed E-state index contributed by atoms with van der Waals surface area (Å²) in [6.07, 6.45) is 0.616. The Labute approximate surface area is 79.7 Å². The van der Waals surface area contributed by atoms with Gasteiger partial charge in [-0.15, -0.1) is 0 Å². The van der Waals surface area contributed by atoms with Crippen LogP contribution in [0.25, 0.3) is 0 Å². The Morgan fingerprint density at radius 3 is 2.38 bits per heavy atom. The highest BCUT2D eigenvalue weighted by Crippen LogP contribution is 2.12. The quantitative estimate of drug-likeness (QED) is 0.650. The molecular weight excluding hydrogens is 168 g/mol. The fraction of sp³-hybridized carbons (Fsp3) is 0.889. The third-order valence-electron chi connectivity index (χ3n) is 2.38. The van der Waals surface area contributed by atoms with Crippen LogP contribution in [0.2, 0.25) is 0 Å². The van der Waals surface area contributed by atoms with Crippen molar-refractivity contribution >= 4 is 5.91 Å². The van der Waals surface area contributed by atoms with Gasteiger partial charge in [0.2, 0.25) is 5.91 Å². The highest BCUT2D eigenvalue weighted by molar-refractivity contribution is 5.82. The summed E-state index contributed by atoms with van der Waals surface area (Å²) in [6, 6.07) is -0.462. The van der Waals surface area contributed by atoms with Crippen LogP contribution in [0.15, 0.2) is 0 Å². The molecule has 0 aliphatic rings. The fourth-order valence-corrected chi connectivity index (χ4v) is 0.828. The van der Waals surface area contributed by atoms with Crippen molar-refractivity contribution in [2.45, 2.75) is 38.8 Å². The van der Waals surface area contributed by atoms with E-state index in [1.165, 1.54) is 4.90 Å². The fourth-order valence-electron chi connectivity index (χ4n) is 0.828. The van der Waals surface area contributed by atoms with Crippen LogP contribution in [-0.4, -0.2) is 41.1 Å². The molecule has 1 atom stereocenters. The van der Waals surface area contributed by atoms with E-state index in [4.69, 9.17) is 10.8 Å². The maximum atomic E-state index is 11.6. The van der Waals surface area contributed by atoms with Gasteiger partial charge in [0.1, 0.15) is 0 Å². The molecule has 78 valence electrons.